The van der Waals surface area contributed by atoms with Gasteiger partial charge in [0, 0.05) is 24.0 Å². The van der Waals surface area contributed by atoms with E-state index in [0.717, 1.165) is 30.3 Å². The molecule has 0 spiro atoms. The molecule has 1 saturated heterocycles. The van der Waals surface area contributed by atoms with E-state index in [-0.39, 0.29) is 23.1 Å². The van der Waals surface area contributed by atoms with Gasteiger partial charge in [-0.2, -0.15) is 13.2 Å². The quantitative estimate of drug-likeness (QED) is 0.854. The first-order valence-electron chi connectivity index (χ1n) is 7.43. The van der Waals surface area contributed by atoms with Crippen LogP contribution in [0.3, 0.4) is 0 Å². The average Bonchev–Trinajstić information content (AvgIpc) is 2.47. The molecule has 1 heterocycles. The van der Waals surface area contributed by atoms with Crippen LogP contribution in [-0.4, -0.2) is 35.7 Å². The van der Waals surface area contributed by atoms with Crippen LogP contribution < -0.4 is 5.73 Å². The van der Waals surface area contributed by atoms with E-state index in [2.05, 4.69) is 0 Å². The van der Waals surface area contributed by atoms with Crippen molar-refractivity contribution in [3.63, 3.8) is 0 Å². The second-order valence-electron chi connectivity index (χ2n) is 6.51. The number of carbonyl (C=O) groups is 1. The SMILES string of the molecule is CC1(C)CN(C(=O)CSc2cccc(C(F)(F)F)c2)CCC1N. The minimum Gasteiger partial charge on any atom is -0.341 e. The Morgan fingerprint density at radius 2 is 2.13 bits per heavy atom. The van der Waals surface area contributed by atoms with Crippen molar-refractivity contribution >= 4 is 17.7 Å². The number of thioether (sulfide) groups is 1. The molecule has 1 fully saturated rings. The number of alkyl halides is 3. The lowest BCUT2D eigenvalue weighted by atomic mass is 9.80. The van der Waals surface area contributed by atoms with E-state index in [1.165, 1.54) is 6.07 Å². The number of amides is 1. The molecule has 2 rings (SSSR count). The van der Waals surface area contributed by atoms with Gasteiger partial charge in [0.25, 0.3) is 0 Å². The predicted octanol–water partition coefficient (Wildman–Crippen LogP) is 3.38. The number of piperidine rings is 1. The third-order valence-corrected chi connectivity index (χ3v) is 5.17. The summed E-state index contributed by atoms with van der Waals surface area (Å²) in [4.78, 5) is 14.5. The summed E-state index contributed by atoms with van der Waals surface area (Å²) >= 11 is 1.13. The van der Waals surface area contributed by atoms with Crippen LogP contribution >= 0.6 is 11.8 Å². The molecule has 23 heavy (non-hydrogen) atoms. The van der Waals surface area contributed by atoms with Gasteiger partial charge in [0.2, 0.25) is 5.91 Å². The van der Waals surface area contributed by atoms with Crippen molar-refractivity contribution in [3.05, 3.63) is 29.8 Å². The molecule has 7 heteroatoms. The molecule has 1 atom stereocenters. The number of nitrogens with two attached hydrogens (primary N) is 1. The molecule has 1 amide bonds. The van der Waals surface area contributed by atoms with Gasteiger partial charge in [0.05, 0.1) is 11.3 Å². The number of hydrogen-bond donors (Lipinski definition) is 1. The van der Waals surface area contributed by atoms with Crippen LogP contribution in [0.25, 0.3) is 0 Å². The minimum atomic E-state index is -4.37. The van der Waals surface area contributed by atoms with Crippen LogP contribution in [0.5, 0.6) is 0 Å². The summed E-state index contributed by atoms with van der Waals surface area (Å²) in [5, 5.41) is 0. The predicted molar refractivity (Wildman–Crippen MR) is 85.1 cm³/mol. The number of nitrogens with zero attached hydrogens (tertiary/aromatic N) is 1. The van der Waals surface area contributed by atoms with Crippen LogP contribution in [0.4, 0.5) is 13.2 Å². The summed E-state index contributed by atoms with van der Waals surface area (Å²) in [5.74, 6) is 0.0690. The Bertz CT molecular complexity index is 575. The fourth-order valence-corrected chi connectivity index (χ4v) is 3.44. The minimum absolute atomic E-state index is 0.0580. The normalized spacial score (nSPS) is 21.3. The van der Waals surface area contributed by atoms with Crippen LogP contribution in [0.2, 0.25) is 0 Å². The maximum atomic E-state index is 12.7. The van der Waals surface area contributed by atoms with Crippen LogP contribution in [0.15, 0.2) is 29.2 Å². The average molecular weight is 346 g/mol. The second kappa shape index (κ2) is 6.73. The monoisotopic (exact) mass is 346 g/mol. The first-order valence-corrected chi connectivity index (χ1v) is 8.41. The van der Waals surface area contributed by atoms with Gasteiger partial charge < -0.3 is 10.6 Å². The lowest BCUT2D eigenvalue weighted by Gasteiger charge is -2.42. The Hall–Kier alpha value is -1.21. The van der Waals surface area contributed by atoms with Gasteiger partial charge in [-0.3, -0.25) is 4.79 Å². The van der Waals surface area contributed by atoms with Gasteiger partial charge in [-0.05, 0) is 30.0 Å². The molecule has 1 aliphatic heterocycles. The summed E-state index contributed by atoms with van der Waals surface area (Å²) in [6.45, 7) is 5.23. The highest BCUT2D eigenvalue weighted by Gasteiger charge is 2.35. The number of benzene rings is 1. The van der Waals surface area contributed by atoms with Crippen LogP contribution in [-0.2, 0) is 11.0 Å². The van der Waals surface area contributed by atoms with Gasteiger partial charge in [-0.25, -0.2) is 0 Å². The highest BCUT2D eigenvalue weighted by atomic mass is 32.2. The van der Waals surface area contributed by atoms with E-state index < -0.39 is 11.7 Å². The smallest absolute Gasteiger partial charge is 0.341 e. The number of hydrogen-bond acceptors (Lipinski definition) is 3. The van der Waals surface area contributed by atoms with Crippen molar-refractivity contribution in [1.82, 2.24) is 4.90 Å². The first kappa shape index (κ1) is 18.1. The molecule has 1 unspecified atom stereocenters. The molecule has 0 radical (unpaired) electrons. The maximum absolute atomic E-state index is 12.7. The van der Waals surface area contributed by atoms with E-state index in [0.29, 0.717) is 18.0 Å². The van der Waals surface area contributed by atoms with Gasteiger partial charge in [-0.15, -0.1) is 11.8 Å². The molecule has 3 nitrogen and oxygen atoms in total. The number of rotatable bonds is 3. The van der Waals surface area contributed by atoms with Crippen molar-refractivity contribution in [1.29, 1.82) is 0 Å². The Kier molecular flexibility index (Phi) is 5.30. The molecule has 0 aliphatic carbocycles. The van der Waals surface area contributed by atoms with Gasteiger partial charge in [0.1, 0.15) is 0 Å². The fraction of sp³-hybridized carbons (Fsp3) is 0.562. The van der Waals surface area contributed by atoms with Crippen molar-refractivity contribution in [2.24, 2.45) is 11.1 Å². The fourth-order valence-electron chi connectivity index (χ4n) is 2.59. The topological polar surface area (TPSA) is 46.3 Å². The molecule has 1 aromatic carbocycles. The summed E-state index contributed by atoms with van der Waals surface area (Å²) in [6, 6.07) is 5.11. The van der Waals surface area contributed by atoms with E-state index in [9.17, 15) is 18.0 Å². The third kappa shape index (κ3) is 4.64. The lowest BCUT2D eigenvalue weighted by Crippen LogP contribution is -2.54. The Balaban J connectivity index is 1.95. The highest BCUT2D eigenvalue weighted by molar-refractivity contribution is 8.00. The highest BCUT2D eigenvalue weighted by Crippen LogP contribution is 2.32. The first-order chi connectivity index (χ1) is 10.6. The van der Waals surface area contributed by atoms with E-state index in [4.69, 9.17) is 5.73 Å². The summed E-state index contributed by atoms with van der Waals surface area (Å²) in [5.41, 5.74) is 5.21. The molecular formula is C16H21F3N2OS. The van der Waals surface area contributed by atoms with Crippen LogP contribution in [0.1, 0.15) is 25.8 Å². The molecule has 0 bridgehead atoms. The molecular weight excluding hydrogens is 325 g/mol. The van der Waals surface area contributed by atoms with Crippen molar-refractivity contribution < 1.29 is 18.0 Å². The summed E-state index contributed by atoms with van der Waals surface area (Å²) < 4.78 is 38.1. The van der Waals surface area contributed by atoms with E-state index in [1.54, 1.807) is 11.0 Å². The molecule has 2 N–H and O–H groups in total. The van der Waals surface area contributed by atoms with Gasteiger partial charge in [-0.1, -0.05) is 19.9 Å². The van der Waals surface area contributed by atoms with E-state index in [1.807, 2.05) is 13.8 Å². The largest absolute Gasteiger partial charge is 0.416 e. The summed E-state index contributed by atoms with van der Waals surface area (Å²) in [6.07, 6.45) is -3.62. The maximum Gasteiger partial charge on any atom is 0.416 e. The Morgan fingerprint density at radius 1 is 1.43 bits per heavy atom. The zero-order valence-electron chi connectivity index (χ0n) is 13.2. The number of halogens is 3. The Labute approximate surface area is 138 Å². The van der Waals surface area contributed by atoms with Gasteiger partial charge in [0.15, 0.2) is 0 Å². The molecule has 128 valence electrons. The third-order valence-electron chi connectivity index (χ3n) is 4.19. The molecule has 1 aromatic rings. The number of likely N-dealkylation sites (tertiary alicyclic amines) is 1. The Morgan fingerprint density at radius 3 is 2.74 bits per heavy atom. The van der Waals surface area contributed by atoms with Crippen molar-refractivity contribution in [2.75, 3.05) is 18.8 Å². The zero-order valence-corrected chi connectivity index (χ0v) is 14.0. The van der Waals surface area contributed by atoms with Gasteiger partial charge >= 0.3 is 6.18 Å². The summed E-state index contributed by atoms with van der Waals surface area (Å²) in [7, 11) is 0. The molecule has 1 aliphatic rings. The van der Waals surface area contributed by atoms with Crippen LogP contribution in [0, 0.1) is 5.41 Å². The van der Waals surface area contributed by atoms with Crippen molar-refractivity contribution in [3.8, 4) is 0 Å². The number of carbonyl (C=O) groups excluding carboxylic acids is 1. The standard InChI is InChI=1S/C16H21F3N2OS/c1-15(2)10-21(7-6-13(15)20)14(22)9-23-12-5-3-4-11(8-12)16(17,18)19/h3-5,8,13H,6-7,9-10,20H2,1-2H3. The van der Waals surface area contributed by atoms with Crippen molar-refractivity contribution in [2.45, 2.75) is 37.4 Å². The molecule has 0 aromatic heterocycles. The second-order valence-corrected chi connectivity index (χ2v) is 7.56. The molecule has 0 saturated carbocycles. The van der Waals surface area contributed by atoms with E-state index >= 15 is 0 Å². The lowest BCUT2D eigenvalue weighted by molar-refractivity contribution is -0.137. The zero-order chi connectivity index (χ0) is 17.3.